The van der Waals surface area contributed by atoms with Crippen LogP contribution in [0.3, 0.4) is 0 Å². The number of aliphatic carboxylic acids is 2. The van der Waals surface area contributed by atoms with Gasteiger partial charge in [-0.3, -0.25) is 9.59 Å². The summed E-state index contributed by atoms with van der Waals surface area (Å²) in [5, 5.41) is 18.7. The normalized spacial score (nSPS) is 37.1. The zero-order valence-corrected chi connectivity index (χ0v) is 10.7. The molecule has 2 saturated carbocycles. The quantitative estimate of drug-likeness (QED) is 0.794. The first kappa shape index (κ1) is 13.4. The number of hydrogen-bond donors (Lipinski definition) is 2. The van der Waals surface area contributed by atoms with Gasteiger partial charge in [0.25, 0.3) is 0 Å². The largest absolute Gasteiger partial charge is 0.481 e. The topological polar surface area (TPSA) is 74.6 Å². The Labute approximate surface area is 107 Å². The van der Waals surface area contributed by atoms with Crippen molar-refractivity contribution >= 4 is 11.9 Å². The maximum Gasteiger partial charge on any atom is 0.307 e. The highest BCUT2D eigenvalue weighted by molar-refractivity contribution is 5.80. The van der Waals surface area contributed by atoms with E-state index in [0.717, 1.165) is 38.5 Å². The van der Waals surface area contributed by atoms with E-state index < -0.39 is 23.8 Å². The summed E-state index contributed by atoms with van der Waals surface area (Å²) in [6.07, 6.45) is 7.77. The summed E-state index contributed by atoms with van der Waals surface area (Å²) < 4.78 is 0. The molecule has 0 spiro atoms. The molecule has 4 heteroatoms. The molecular weight excluding hydrogens is 232 g/mol. The number of carboxylic acid groups (broad SMARTS) is 2. The Morgan fingerprint density at radius 2 is 1.44 bits per heavy atom. The van der Waals surface area contributed by atoms with Gasteiger partial charge < -0.3 is 10.2 Å². The fourth-order valence-electron chi connectivity index (χ4n) is 3.95. The molecule has 0 radical (unpaired) electrons. The first-order valence-electron chi connectivity index (χ1n) is 7.07. The number of hydrogen-bond acceptors (Lipinski definition) is 2. The first-order chi connectivity index (χ1) is 8.61. The van der Waals surface area contributed by atoms with Crippen molar-refractivity contribution < 1.29 is 19.8 Å². The van der Waals surface area contributed by atoms with Crippen molar-refractivity contribution in [3.05, 3.63) is 0 Å². The molecule has 4 nitrogen and oxygen atoms in total. The Hall–Kier alpha value is -1.06. The van der Waals surface area contributed by atoms with Gasteiger partial charge in [-0.05, 0) is 24.7 Å². The zero-order chi connectivity index (χ0) is 13.1. The van der Waals surface area contributed by atoms with Gasteiger partial charge in [-0.15, -0.1) is 0 Å². The second-order valence-electron chi connectivity index (χ2n) is 5.80. The van der Waals surface area contributed by atoms with Gasteiger partial charge >= 0.3 is 11.9 Å². The predicted octanol–water partition coefficient (Wildman–Crippen LogP) is 2.77. The Morgan fingerprint density at radius 3 is 2.11 bits per heavy atom. The minimum Gasteiger partial charge on any atom is -0.481 e. The smallest absolute Gasteiger partial charge is 0.307 e. The van der Waals surface area contributed by atoms with E-state index in [1.54, 1.807) is 0 Å². The molecule has 2 fully saturated rings. The molecule has 0 aliphatic heterocycles. The first-order valence-corrected chi connectivity index (χ1v) is 7.07. The van der Waals surface area contributed by atoms with Crippen LogP contribution in [0.4, 0.5) is 0 Å². The van der Waals surface area contributed by atoms with Gasteiger partial charge in [0.05, 0.1) is 11.8 Å². The molecule has 0 heterocycles. The Kier molecular flexibility index (Phi) is 4.25. The third-order valence-electron chi connectivity index (χ3n) is 4.81. The zero-order valence-electron chi connectivity index (χ0n) is 10.7. The van der Waals surface area contributed by atoms with Crippen molar-refractivity contribution in [3.63, 3.8) is 0 Å². The molecule has 2 N–H and O–H groups in total. The van der Waals surface area contributed by atoms with Crippen LogP contribution in [0.5, 0.6) is 0 Å². The summed E-state index contributed by atoms with van der Waals surface area (Å²) in [6.45, 7) is 0. The van der Waals surface area contributed by atoms with Gasteiger partial charge in [-0.1, -0.05) is 38.5 Å². The van der Waals surface area contributed by atoms with Gasteiger partial charge in [0, 0.05) is 0 Å². The second-order valence-corrected chi connectivity index (χ2v) is 5.80. The van der Waals surface area contributed by atoms with E-state index in [0.29, 0.717) is 12.3 Å². The van der Waals surface area contributed by atoms with Gasteiger partial charge in [0.15, 0.2) is 0 Å². The van der Waals surface area contributed by atoms with Crippen molar-refractivity contribution in [1.29, 1.82) is 0 Å². The van der Waals surface area contributed by atoms with Gasteiger partial charge in [0.1, 0.15) is 0 Å². The third-order valence-corrected chi connectivity index (χ3v) is 4.81. The lowest BCUT2D eigenvalue weighted by Crippen LogP contribution is -2.36. The van der Waals surface area contributed by atoms with Crippen LogP contribution in [0.15, 0.2) is 0 Å². The molecule has 0 aromatic heterocycles. The van der Waals surface area contributed by atoms with Crippen molar-refractivity contribution in [2.45, 2.75) is 51.4 Å². The van der Waals surface area contributed by atoms with E-state index >= 15 is 0 Å². The molecular formula is C14H22O4. The van der Waals surface area contributed by atoms with Crippen molar-refractivity contribution in [3.8, 4) is 0 Å². The van der Waals surface area contributed by atoms with E-state index in [-0.39, 0.29) is 5.92 Å². The fraction of sp³-hybridized carbons (Fsp3) is 0.857. The molecule has 2 aliphatic carbocycles. The third kappa shape index (κ3) is 2.68. The van der Waals surface area contributed by atoms with Crippen LogP contribution >= 0.6 is 0 Å². The second kappa shape index (κ2) is 5.72. The van der Waals surface area contributed by atoms with Crippen LogP contribution in [0.1, 0.15) is 51.4 Å². The summed E-state index contributed by atoms with van der Waals surface area (Å²) in [7, 11) is 0. The summed E-state index contributed by atoms with van der Waals surface area (Å²) in [5.74, 6) is -2.68. The van der Waals surface area contributed by atoms with Crippen molar-refractivity contribution in [2.75, 3.05) is 0 Å². The lowest BCUT2D eigenvalue weighted by Gasteiger charge is -2.30. The van der Waals surface area contributed by atoms with Crippen LogP contribution < -0.4 is 0 Å². The molecule has 2 rings (SSSR count). The minimum atomic E-state index is -0.924. The number of carbonyl (C=O) groups is 2. The van der Waals surface area contributed by atoms with Crippen LogP contribution in [0.2, 0.25) is 0 Å². The standard InChI is InChI=1S/C14H22O4/c15-13(16)11-8-4-6-9-5-2-1-3-7-10(9)12(11)14(17)18/h9-12H,1-8H2,(H,15,16)(H,17,18). The van der Waals surface area contributed by atoms with E-state index in [1.807, 2.05) is 0 Å². The molecule has 4 unspecified atom stereocenters. The molecule has 4 atom stereocenters. The van der Waals surface area contributed by atoms with Crippen LogP contribution in [-0.2, 0) is 9.59 Å². The Morgan fingerprint density at radius 1 is 0.778 bits per heavy atom. The molecule has 0 aromatic rings. The number of rotatable bonds is 2. The molecule has 18 heavy (non-hydrogen) atoms. The molecule has 102 valence electrons. The van der Waals surface area contributed by atoms with E-state index in [4.69, 9.17) is 0 Å². The van der Waals surface area contributed by atoms with E-state index in [1.165, 1.54) is 6.42 Å². The number of fused-ring (bicyclic) bond motifs is 1. The molecule has 0 saturated heterocycles. The van der Waals surface area contributed by atoms with Crippen molar-refractivity contribution in [1.82, 2.24) is 0 Å². The monoisotopic (exact) mass is 254 g/mol. The molecule has 0 bridgehead atoms. The average molecular weight is 254 g/mol. The maximum absolute atomic E-state index is 11.5. The van der Waals surface area contributed by atoms with Gasteiger partial charge in [-0.2, -0.15) is 0 Å². The van der Waals surface area contributed by atoms with Crippen LogP contribution in [-0.4, -0.2) is 22.2 Å². The lowest BCUT2D eigenvalue weighted by molar-refractivity contribution is -0.156. The highest BCUT2D eigenvalue weighted by Crippen LogP contribution is 2.44. The summed E-state index contributed by atoms with van der Waals surface area (Å²) in [6, 6.07) is 0. The molecule has 0 amide bonds. The van der Waals surface area contributed by atoms with Crippen molar-refractivity contribution in [2.24, 2.45) is 23.7 Å². The summed E-state index contributed by atoms with van der Waals surface area (Å²) in [4.78, 5) is 22.8. The highest BCUT2D eigenvalue weighted by Gasteiger charge is 2.44. The summed E-state index contributed by atoms with van der Waals surface area (Å²) in [5.41, 5.74) is 0. The Bertz CT molecular complexity index is 326. The van der Waals surface area contributed by atoms with Crippen LogP contribution in [0.25, 0.3) is 0 Å². The molecule has 0 aromatic carbocycles. The van der Waals surface area contributed by atoms with E-state index in [2.05, 4.69) is 0 Å². The van der Waals surface area contributed by atoms with E-state index in [9.17, 15) is 19.8 Å². The average Bonchev–Trinajstić information content (AvgIpc) is 2.60. The minimum absolute atomic E-state index is 0.0774. The number of carboxylic acids is 2. The fourth-order valence-corrected chi connectivity index (χ4v) is 3.95. The lowest BCUT2D eigenvalue weighted by atomic mass is 9.74. The maximum atomic E-state index is 11.5. The highest BCUT2D eigenvalue weighted by atomic mass is 16.4. The predicted molar refractivity (Wildman–Crippen MR) is 66.2 cm³/mol. The molecule has 2 aliphatic rings. The Balaban J connectivity index is 2.27. The van der Waals surface area contributed by atoms with Crippen LogP contribution in [0, 0.1) is 23.7 Å². The van der Waals surface area contributed by atoms with Gasteiger partial charge in [-0.25, -0.2) is 0 Å². The van der Waals surface area contributed by atoms with Gasteiger partial charge in [0.2, 0.25) is 0 Å². The SMILES string of the molecule is O=C(O)C1CCCC2CCCCCC2C1C(=O)O. The summed E-state index contributed by atoms with van der Waals surface area (Å²) >= 11 is 0.